The maximum absolute atomic E-state index is 14.0. The van der Waals surface area contributed by atoms with Crippen molar-refractivity contribution >= 4 is 75.3 Å². The van der Waals surface area contributed by atoms with Crippen LogP contribution in [0.5, 0.6) is 11.5 Å². The fourth-order valence-corrected chi connectivity index (χ4v) is 8.45. The number of rotatable bonds is 8. The van der Waals surface area contributed by atoms with E-state index in [-0.39, 0.29) is 76.5 Å². The first-order chi connectivity index (χ1) is 22.4. The van der Waals surface area contributed by atoms with Crippen LogP contribution in [0.4, 0.5) is 11.4 Å². The largest absolute Gasteiger partial charge is 0.490 e. The predicted octanol–water partition coefficient (Wildman–Crippen LogP) is 5.32. The Labute approximate surface area is 264 Å². The maximum atomic E-state index is 14.0. The van der Waals surface area contributed by atoms with Gasteiger partial charge in [0.25, 0.3) is 20.0 Å². The Kier molecular flexibility index (Phi) is 6.80. The topological polar surface area (TPSA) is 197 Å². The van der Waals surface area contributed by atoms with Crippen LogP contribution in [0.15, 0.2) is 104 Å². The lowest BCUT2D eigenvalue weighted by atomic mass is 10.1. The lowest BCUT2D eigenvalue weighted by Gasteiger charge is -2.16. The highest BCUT2D eigenvalue weighted by molar-refractivity contribution is 7.93. The minimum absolute atomic E-state index is 0.00494. The molecule has 16 heteroatoms. The number of sulfonamides is 2. The number of nitrogens with one attached hydrogen (secondary N) is 2. The molecule has 3 aromatic carbocycles. The first-order valence-corrected chi connectivity index (χ1v) is 16.6. The van der Waals surface area contributed by atoms with Gasteiger partial charge in [0.1, 0.15) is 9.79 Å². The third kappa shape index (κ3) is 4.76. The Morgan fingerprint density at radius 2 is 1.06 bits per heavy atom. The van der Waals surface area contributed by atoms with Crippen molar-refractivity contribution in [2.24, 2.45) is 0 Å². The smallest absolute Gasteiger partial charge is 0.336 e. The molecule has 7 aromatic rings. The van der Waals surface area contributed by atoms with Crippen LogP contribution in [0.25, 0.3) is 43.9 Å². The molecular formula is C31H22N2O12S2. The highest BCUT2D eigenvalue weighted by Crippen LogP contribution is 2.43. The molecule has 2 N–H and O–H groups in total. The summed E-state index contributed by atoms with van der Waals surface area (Å²) in [6, 6.07) is 11.9. The van der Waals surface area contributed by atoms with Crippen LogP contribution in [-0.2, 0) is 20.0 Å². The van der Waals surface area contributed by atoms with Crippen molar-refractivity contribution in [2.45, 2.75) is 16.7 Å². The van der Waals surface area contributed by atoms with Gasteiger partial charge < -0.3 is 27.1 Å². The molecule has 0 saturated heterocycles. The molecule has 4 aromatic heterocycles. The number of anilines is 2. The molecule has 0 unspecified atom stereocenters. The number of aryl methyl sites for hydroxylation is 1. The number of hydrogen-bond acceptors (Lipinski definition) is 12. The SMILES string of the molecule is COc1c2occc2c(S(=O)(=O)Nc2ccc(C)c(NS(=O)(=O)c3c4ccoc4c(OC)c4oc(=O)ccc34)c2)c2ccc(=O)oc12. The molecule has 0 aliphatic rings. The van der Waals surface area contributed by atoms with Gasteiger partial charge in [-0.3, -0.25) is 9.44 Å². The molecule has 7 rings (SSSR count). The van der Waals surface area contributed by atoms with Gasteiger partial charge in [0, 0.05) is 33.7 Å². The van der Waals surface area contributed by atoms with Gasteiger partial charge in [-0.15, -0.1) is 0 Å². The molecule has 47 heavy (non-hydrogen) atoms. The number of methoxy groups -OCH3 is 2. The van der Waals surface area contributed by atoms with Crippen LogP contribution in [-0.4, -0.2) is 31.1 Å². The molecule has 240 valence electrons. The summed E-state index contributed by atoms with van der Waals surface area (Å²) in [6.45, 7) is 1.63. The minimum atomic E-state index is -4.44. The number of ether oxygens (including phenoxy) is 2. The van der Waals surface area contributed by atoms with Gasteiger partial charge in [-0.1, -0.05) is 6.07 Å². The summed E-state index contributed by atoms with van der Waals surface area (Å²) < 4.78 is 93.3. The average molecular weight is 679 g/mol. The Hall–Kier alpha value is -5.74. The Morgan fingerprint density at radius 3 is 1.55 bits per heavy atom. The van der Waals surface area contributed by atoms with E-state index >= 15 is 0 Å². The summed E-state index contributed by atoms with van der Waals surface area (Å²) in [5.74, 6) is 0.0852. The standard InChI is InChI=1S/C31H22N2O12S2/c1-15-4-5-16(32-46(36,37)30-17-6-8-22(34)44-26(17)28(40-2)24-19(30)10-12-42-24)14-21(15)33-47(38,39)31-18-7-9-23(35)45-27(18)29(41-3)25-20(31)11-13-43-25/h4-14,32-33H,1-3H3. The molecule has 0 saturated carbocycles. The molecule has 0 atom stereocenters. The van der Waals surface area contributed by atoms with E-state index in [2.05, 4.69) is 9.44 Å². The summed E-state index contributed by atoms with van der Waals surface area (Å²) in [7, 11) is -6.22. The second kappa shape index (κ2) is 10.7. The van der Waals surface area contributed by atoms with Crippen molar-refractivity contribution in [1.29, 1.82) is 0 Å². The molecule has 0 amide bonds. The van der Waals surface area contributed by atoms with Crippen molar-refractivity contribution in [3.8, 4) is 11.5 Å². The van der Waals surface area contributed by atoms with Gasteiger partial charge in [-0.25, -0.2) is 26.4 Å². The van der Waals surface area contributed by atoms with E-state index in [9.17, 15) is 26.4 Å². The first-order valence-electron chi connectivity index (χ1n) is 13.6. The van der Waals surface area contributed by atoms with E-state index in [1.54, 1.807) is 6.92 Å². The highest BCUT2D eigenvalue weighted by atomic mass is 32.2. The molecule has 0 spiro atoms. The fourth-order valence-electron chi connectivity index (χ4n) is 5.50. The van der Waals surface area contributed by atoms with E-state index < -0.39 is 31.3 Å². The van der Waals surface area contributed by atoms with E-state index in [0.29, 0.717) is 5.56 Å². The normalized spacial score (nSPS) is 12.2. The number of hydrogen-bond donors (Lipinski definition) is 2. The van der Waals surface area contributed by atoms with E-state index in [4.69, 9.17) is 27.1 Å². The second-order valence-corrected chi connectivity index (χ2v) is 13.5. The van der Waals surface area contributed by atoms with Gasteiger partial charge in [0.2, 0.25) is 11.5 Å². The van der Waals surface area contributed by atoms with Crippen LogP contribution < -0.4 is 30.2 Å². The Bertz CT molecular complexity index is 2760. The molecule has 14 nitrogen and oxygen atoms in total. The van der Waals surface area contributed by atoms with Crippen LogP contribution in [0.1, 0.15) is 5.56 Å². The van der Waals surface area contributed by atoms with Gasteiger partial charge in [0.05, 0.1) is 38.1 Å². The van der Waals surface area contributed by atoms with Crippen molar-refractivity contribution in [1.82, 2.24) is 0 Å². The van der Waals surface area contributed by atoms with Crippen molar-refractivity contribution in [2.75, 3.05) is 23.7 Å². The van der Waals surface area contributed by atoms with Crippen LogP contribution in [0, 0.1) is 6.92 Å². The molecule has 0 aliphatic heterocycles. The molecule has 0 fully saturated rings. The zero-order chi connectivity index (χ0) is 33.2. The molecular weight excluding hydrogens is 656 g/mol. The van der Waals surface area contributed by atoms with Gasteiger partial charge >= 0.3 is 11.3 Å². The fraction of sp³-hybridized carbons (Fsp3) is 0.0968. The van der Waals surface area contributed by atoms with Crippen molar-refractivity contribution in [3.05, 3.63) is 93.5 Å². The molecule has 4 heterocycles. The van der Waals surface area contributed by atoms with Crippen LogP contribution in [0.2, 0.25) is 0 Å². The van der Waals surface area contributed by atoms with E-state index in [0.717, 1.165) is 12.1 Å². The summed E-state index contributed by atoms with van der Waals surface area (Å²) in [5, 5.41) is 0.427. The molecule has 0 bridgehead atoms. The highest BCUT2D eigenvalue weighted by Gasteiger charge is 2.30. The summed E-state index contributed by atoms with van der Waals surface area (Å²) in [5.41, 5.74) is -1.13. The lowest BCUT2D eigenvalue weighted by Crippen LogP contribution is -2.17. The second-order valence-electron chi connectivity index (χ2n) is 10.3. The molecule has 0 aliphatic carbocycles. The van der Waals surface area contributed by atoms with Crippen molar-refractivity contribution in [3.63, 3.8) is 0 Å². The first kappa shape index (κ1) is 29.9. The number of furan rings is 2. The quantitative estimate of drug-likeness (QED) is 0.197. The summed E-state index contributed by atoms with van der Waals surface area (Å²) >= 11 is 0. The summed E-state index contributed by atoms with van der Waals surface area (Å²) in [4.78, 5) is 23.6. The third-order valence-corrected chi connectivity index (χ3v) is 10.4. The monoisotopic (exact) mass is 678 g/mol. The van der Waals surface area contributed by atoms with Crippen molar-refractivity contribution < 1.29 is 44.0 Å². The third-order valence-electron chi connectivity index (χ3n) is 7.48. The molecule has 0 radical (unpaired) electrons. The van der Waals surface area contributed by atoms with Crippen LogP contribution >= 0.6 is 0 Å². The average Bonchev–Trinajstić information content (AvgIpc) is 3.70. The zero-order valence-electron chi connectivity index (χ0n) is 24.6. The Balaban J connectivity index is 1.33. The zero-order valence-corrected chi connectivity index (χ0v) is 26.2. The maximum Gasteiger partial charge on any atom is 0.336 e. The van der Waals surface area contributed by atoms with Gasteiger partial charge in [-0.2, -0.15) is 0 Å². The lowest BCUT2D eigenvalue weighted by molar-refractivity contribution is 0.402. The predicted molar refractivity (Wildman–Crippen MR) is 170 cm³/mol. The minimum Gasteiger partial charge on any atom is -0.490 e. The van der Waals surface area contributed by atoms with E-state index in [1.165, 1.54) is 69.2 Å². The van der Waals surface area contributed by atoms with Gasteiger partial charge in [0.15, 0.2) is 22.3 Å². The Morgan fingerprint density at radius 1 is 0.596 bits per heavy atom. The summed E-state index contributed by atoms with van der Waals surface area (Å²) in [6.07, 6.45) is 2.54. The number of fused-ring (bicyclic) bond motifs is 4. The van der Waals surface area contributed by atoms with E-state index in [1.807, 2.05) is 0 Å². The van der Waals surface area contributed by atoms with Crippen LogP contribution in [0.3, 0.4) is 0 Å². The van der Waals surface area contributed by atoms with Gasteiger partial charge in [-0.05, 0) is 48.9 Å². The number of benzene rings is 3.